The van der Waals surface area contributed by atoms with Crippen LogP contribution in [0.25, 0.3) is 0 Å². The zero-order valence-electron chi connectivity index (χ0n) is 12.4. The Morgan fingerprint density at radius 3 is 2.16 bits per heavy atom. The molecule has 0 spiro atoms. The molecule has 1 aliphatic heterocycles. The summed E-state index contributed by atoms with van der Waals surface area (Å²) in [6.45, 7) is 7.22. The lowest BCUT2D eigenvalue weighted by atomic mass is 9.70. The molecule has 1 heterocycles. The van der Waals surface area contributed by atoms with Gasteiger partial charge in [0.25, 0.3) is 0 Å². The smallest absolute Gasteiger partial charge is 0.00207 e. The molecule has 1 nitrogen and oxygen atoms in total. The lowest BCUT2D eigenvalue weighted by Gasteiger charge is -2.35. The molecule has 19 heavy (non-hydrogen) atoms. The lowest BCUT2D eigenvalue weighted by Crippen LogP contribution is -2.21. The van der Waals surface area contributed by atoms with Crippen LogP contribution < -0.4 is 5.32 Å². The van der Waals surface area contributed by atoms with E-state index in [2.05, 4.69) is 43.4 Å². The Morgan fingerprint density at radius 1 is 0.947 bits per heavy atom. The first-order valence-electron chi connectivity index (χ1n) is 7.95. The zero-order valence-corrected chi connectivity index (χ0v) is 12.4. The van der Waals surface area contributed by atoms with Crippen LogP contribution in [0.4, 0.5) is 0 Å². The fourth-order valence-electron chi connectivity index (χ4n) is 3.88. The highest BCUT2D eigenvalue weighted by Gasteiger charge is 2.30. The van der Waals surface area contributed by atoms with Gasteiger partial charge in [-0.3, -0.25) is 0 Å². The quantitative estimate of drug-likeness (QED) is 0.825. The van der Waals surface area contributed by atoms with Crippen LogP contribution in [0.3, 0.4) is 0 Å². The van der Waals surface area contributed by atoms with Gasteiger partial charge in [-0.05, 0) is 67.0 Å². The first-order chi connectivity index (χ1) is 9.16. The molecule has 0 radical (unpaired) electrons. The van der Waals surface area contributed by atoms with E-state index < -0.39 is 0 Å². The van der Waals surface area contributed by atoms with Crippen molar-refractivity contribution in [1.29, 1.82) is 0 Å². The van der Waals surface area contributed by atoms with Crippen LogP contribution in [-0.2, 0) is 0 Å². The molecule has 1 atom stereocenters. The Morgan fingerprint density at radius 2 is 1.58 bits per heavy atom. The van der Waals surface area contributed by atoms with Gasteiger partial charge in [0.15, 0.2) is 0 Å². The third-order valence-electron chi connectivity index (χ3n) is 5.28. The van der Waals surface area contributed by atoms with Crippen molar-refractivity contribution in [3.05, 3.63) is 35.4 Å². The second-order valence-corrected chi connectivity index (χ2v) is 7.26. The standard InChI is InChI=1S/C18H27N/c1-18(2)10-7-14(8-11-18)16-5-3-4-6-17(16)15-9-12-19-13-15/h3-6,14-15,19H,7-13H2,1-2H3. The fourth-order valence-corrected chi connectivity index (χ4v) is 3.88. The molecule has 2 fully saturated rings. The summed E-state index contributed by atoms with van der Waals surface area (Å²) >= 11 is 0. The Labute approximate surface area is 117 Å². The molecule has 0 aromatic heterocycles. The van der Waals surface area contributed by atoms with E-state index in [0.29, 0.717) is 5.41 Å². The average Bonchev–Trinajstić information content (AvgIpc) is 2.93. The van der Waals surface area contributed by atoms with Gasteiger partial charge in [-0.2, -0.15) is 0 Å². The summed E-state index contributed by atoms with van der Waals surface area (Å²) < 4.78 is 0. The van der Waals surface area contributed by atoms with Gasteiger partial charge in [0, 0.05) is 6.54 Å². The summed E-state index contributed by atoms with van der Waals surface area (Å²) in [5.41, 5.74) is 3.87. The van der Waals surface area contributed by atoms with Crippen molar-refractivity contribution in [2.45, 2.75) is 57.8 Å². The summed E-state index contributed by atoms with van der Waals surface area (Å²) in [6, 6.07) is 9.24. The molecular weight excluding hydrogens is 230 g/mol. The molecule has 0 bridgehead atoms. The Balaban J connectivity index is 1.80. The van der Waals surface area contributed by atoms with Gasteiger partial charge in [-0.25, -0.2) is 0 Å². The fraction of sp³-hybridized carbons (Fsp3) is 0.667. The molecule has 1 unspecified atom stereocenters. The highest BCUT2D eigenvalue weighted by Crippen LogP contribution is 2.44. The minimum Gasteiger partial charge on any atom is -0.316 e. The minimum absolute atomic E-state index is 0.570. The number of nitrogens with one attached hydrogen (secondary N) is 1. The normalized spacial score (nSPS) is 27.6. The van der Waals surface area contributed by atoms with E-state index in [9.17, 15) is 0 Å². The molecule has 2 aliphatic rings. The van der Waals surface area contributed by atoms with Gasteiger partial charge < -0.3 is 5.32 Å². The van der Waals surface area contributed by atoms with Crippen LogP contribution in [-0.4, -0.2) is 13.1 Å². The van der Waals surface area contributed by atoms with Crippen molar-refractivity contribution in [2.75, 3.05) is 13.1 Å². The topological polar surface area (TPSA) is 12.0 Å². The molecule has 104 valence electrons. The zero-order chi connectivity index (χ0) is 13.3. The average molecular weight is 257 g/mol. The molecule has 1 aromatic carbocycles. The van der Waals surface area contributed by atoms with Crippen LogP contribution in [0.15, 0.2) is 24.3 Å². The van der Waals surface area contributed by atoms with Crippen molar-refractivity contribution < 1.29 is 0 Å². The van der Waals surface area contributed by atoms with E-state index in [4.69, 9.17) is 0 Å². The minimum atomic E-state index is 0.570. The third kappa shape index (κ3) is 2.86. The molecule has 1 aliphatic carbocycles. The largest absolute Gasteiger partial charge is 0.316 e. The maximum absolute atomic E-state index is 3.51. The van der Waals surface area contributed by atoms with Crippen molar-refractivity contribution in [2.24, 2.45) is 5.41 Å². The Kier molecular flexibility index (Phi) is 3.66. The van der Waals surface area contributed by atoms with E-state index >= 15 is 0 Å². The third-order valence-corrected chi connectivity index (χ3v) is 5.28. The van der Waals surface area contributed by atoms with Crippen molar-refractivity contribution in [3.8, 4) is 0 Å². The molecule has 0 amide bonds. The SMILES string of the molecule is CC1(C)CCC(c2ccccc2C2CCNC2)CC1. The molecule has 3 rings (SSSR count). The van der Waals surface area contributed by atoms with Crippen LogP contribution in [0, 0.1) is 5.41 Å². The molecule has 1 aromatic rings. The molecule has 1 N–H and O–H groups in total. The second-order valence-electron chi connectivity index (χ2n) is 7.26. The van der Waals surface area contributed by atoms with Gasteiger partial charge in [-0.15, -0.1) is 0 Å². The van der Waals surface area contributed by atoms with E-state index in [0.717, 1.165) is 11.8 Å². The van der Waals surface area contributed by atoms with Gasteiger partial charge in [-0.1, -0.05) is 38.1 Å². The number of rotatable bonds is 2. The van der Waals surface area contributed by atoms with Crippen molar-refractivity contribution >= 4 is 0 Å². The summed E-state index contributed by atoms with van der Waals surface area (Å²) in [4.78, 5) is 0. The van der Waals surface area contributed by atoms with E-state index in [1.165, 1.54) is 45.2 Å². The molecule has 1 saturated carbocycles. The maximum Gasteiger partial charge on any atom is 0.00207 e. The Bertz CT molecular complexity index is 419. The van der Waals surface area contributed by atoms with Crippen molar-refractivity contribution in [3.63, 3.8) is 0 Å². The maximum atomic E-state index is 3.51. The second kappa shape index (κ2) is 5.28. The van der Waals surface area contributed by atoms with Gasteiger partial charge >= 0.3 is 0 Å². The van der Waals surface area contributed by atoms with Gasteiger partial charge in [0.1, 0.15) is 0 Å². The number of hydrogen-bond donors (Lipinski definition) is 1. The van der Waals surface area contributed by atoms with Crippen LogP contribution in [0.5, 0.6) is 0 Å². The summed E-state index contributed by atoms with van der Waals surface area (Å²) in [5, 5.41) is 3.51. The summed E-state index contributed by atoms with van der Waals surface area (Å²) in [5.74, 6) is 1.57. The summed E-state index contributed by atoms with van der Waals surface area (Å²) in [7, 11) is 0. The van der Waals surface area contributed by atoms with E-state index in [-0.39, 0.29) is 0 Å². The van der Waals surface area contributed by atoms with Crippen molar-refractivity contribution in [1.82, 2.24) is 5.32 Å². The van der Waals surface area contributed by atoms with E-state index in [1.54, 1.807) is 11.1 Å². The number of benzene rings is 1. The van der Waals surface area contributed by atoms with E-state index in [1.807, 2.05) is 0 Å². The number of hydrogen-bond acceptors (Lipinski definition) is 1. The van der Waals surface area contributed by atoms with Gasteiger partial charge in [0.05, 0.1) is 0 Å². The summed E-state index contributed by atoms with van der Waals surface area (Å²) in [6.07, 6.45) is 6.84. The highest BCUT2D eigenvalue weighted by molar-refractivity contribution is 5.34. The van der Waals surface area contributed by atoms with Crippen LogP contribution in [0.1, 0.15) is 68.9 Å². The van der Waals surface area contributed by atoms with Crippen LogP contribution in [0.2, 0.25) is 0 Å². The van der Waals surface area contributed by atoms with Crippen LogP contribution >= 0.6 is 0 Å². The molecule has 1 heteroatoms. The predicted octanol–water partition coefficient (Wildman–Crippen LogP) is 4.45. The lowest BCUT2D eigenvalue weighted by molar-refractivity contribution is 0.224. The first-order valence-corrected chi connectivity index (χ1v) is 7.95. The molecular formula is C18H27N. The highest BCUT2D eigenvalue weighted by atomic mass is 14.9. The predicted molar refractivity (Wildman–Crippen MR) is 81.7 cm³/mol. The Hall–Kier alpha value is -0.820. The first kappa shape index (κ1) is 13.2. The monoisotopic (exact) mass is 257 g/mol. The molecule has 1 saturated heterocycles. The van der Waals surface area contributed by atoms with Gasteiger partial charge in [0.2, 0.25) is 0 Å².